The van der Waals surface area contributed by atoms with Crippen LogP contribution in [0.3, 0.4) is 0 Å². The Morgan fingerprint density at radius 1 is 1.08 bits per heavy atom. The molecule has 0 bridgehead atoms. The van der Waals surface area contributed by atoms with Crippen LogP contribution in [0.1, 0.15) is 6.42 Å². The lowest BCUT2D eigenvalue weighted by molar-refractivity contribution is 0.199. The summed E-state index contributed by atoms with van der Waals surface area (Å²) in [6.45, 7) is 3.41. The Labute approximate surface area is 74.7 Å². The zero-order chi connectivity index (χ0) is 9.07. The van der Waals surface area contributed by atoms with Crippen molar-refractivity contribution in [2.24, 2.45) is 0 Å². The predicted octanol–water partition coefficient (Wildman–Crippen LogP) is 0.815. The van der Waals surface area contributed by atoms with Crippen molar-refractivity contribution in [3.8, 4) is 0 Å². The summed E-state index contributed by atoms with van der Waals surface area (Å²) in [6, 6.07) is 0. The molecule has 0 heterocycles. The molecule has 3 heteroatoms. The Hall–Kier alpha value is -0.380. The molecule has 1 N–H and O–H groups in total. The van der Waals surface area contributed by atoms with Crippen LogP contribution in [0.25, 0.3) is 0 Å². The quantitative estimate of drug-likeness (QED) is 0.435. The molecule has 0 atom stereocenters. The smallest absolute Gasteiger partial charge is 0.0643 e. The van der Waals surface area contributed by atoms with E-state index in [2.05, 4.69) is 11.4 Å². The summed E-state index contributed by atoms with van der Waals surface area (Å²) < 4.78 is 9.75. The van der Waals surface area contributed by atoms with Gasteiger partial charge in [0.1, 0.15) is 0 Å². The topological polar surface area (TPSA) is 30.5 Å². The third-order valence-corrected chi connectivity index (χ3v) is 1.40. The van der Waals surface area contributed by atoms with E-state index in [0.29, 0.717) is 6.61 Å². The minimum atomic E-state index is 0.706. The van der Waals surface area contributed by atoms with Gasteiger partial charge in [0.15, 0.2) is 0 Å². The average Bonchev–Trinajstić information content (AvgIpc) is 2.10. The Morgan fingerprint density at radius 3 is 2.58 bits per heavy atom. The highest BCUT2D eigenvalue weighted by Gasteiger charge is 1.83. The molecule has 0 amide bonds. The van der Waals surface area contributed by atoms with Crippen molar-refractivity contribution in [1.29, 1.82) is 0 Å². The largest absolute Gasteiger partial charge is 0.383 e. The molecule has 0 fully saturated rings. The summed E-state index contributed by atoms with van der Waals surface area (Å²) in [5.74, 6) is 0. The van der Waals surface area contributed by atoms with E-state index < -0.39 is 0 Å². The summed E-state index contributed by atoms with van der Waals surface area (Å²) in [6.07, 6.45) is 5.19. The molecule has 0 aliphatic rings. The van der Waals surface area contributed by atoms with Gasteiger partial charge in [0.25, 0.3) is 0 Å². The molecule has 72 valence electrons. The summed E-state index contributed by atoms with van der Waals surface area (Å²) in [5.41, 5.74) is 0. The summed E-state index contributed by atoms with van der Waals surface area (Å²) >= 11 is 0. The lowest BCUT2D eigenvalue weighted by atomic mass is 10.4. The summed E-state index contributed by atoms with van der Waals surface area (Å²) in [7, 11) is 3.40. The maximum absolute atomic E-state index is 4.89. The first-order chi connectivity index (χ1) is 5.91. The van der Waals surface area contributed by atoms with Gasteiger partial charge in [-0.2, -0.15) is 0 Å². The van der Waals surface area contributed by atoms with Crippen LogP contribution in [0.4, 0.5) is 0 Å². The van der Waals surface area contributed by atoms with Gasteiger partial charge in [0.05, 0.1) is 13.2 Å². The van der Waals surface area contributed by atoms with Gasteiger partial charge in [-0.15, -0.1) is 0 Å². The van der Waals surface area contributed by atoms with Gasteiger partial charge in [0.2, 0.25) is 0 Å². The van der Waals surface area contributed by atoms with Gasteiger partial charge in [-0.05, 0) is 13.0 Å². The van der Waals surface area contributed by atoms with Crippen molar-refractivity contribution in [1.82, 2.24) is 5.32 Å². The van der Waals surface area contributed by atoms with Gasteiger partial charge in [-0.3, -0.25) is 0 Å². The number of nitrogens with one attached hydrogen (secondary N) is 1. The van der Waals surface area contributed by atoms with E-state index in [4.69, 9.17) is 9.47 Å². The lowest BCUT2D eigenvalue weighted by Crippen LogP contribution is -2.19. The number of hydrogen-bond acceptors (Lipinski definition) is 3. The zero-order valence-corrected chi connectivity index (χ0v) is 8.01. The first-order valence-corrected chi connectivity index (χ1v) is 4.25. The monoisotopic (exact) mass is 173 g/mol. The third-order valence-electron chi connectivity index (χ3n) is 1.40. The molecule has 0 aromatic carbocycles. The van der Waals surface area contributed by atoms with Gasteiger partial charge < -0.3 is 14.8 Å². The van der Waals surface area contributed by atoms with Gasteiger partial charge in [-0.25, -0.2) is 0 Å². The van der Waals surface area contributed by atoms with Crippen LogP contribution in [0, 0.1) is 0 Å². The van der Waals surface area contributed by atoms with Crippen LogP contribution < -0.4 is 5.32 Å². The molecule has 0 unspecified atom stereocenters. The summed E-state index contributed by atoms with van der Waals surface area (Å²) in [4.78, 5) is 0. The van der Waals surface area contributed by atoms with Crippen molar-refractivity contribution in [2.75, 3.05) is 40.5 Å². The molecule has 3 nitrogen and oxygen atoms in total. The van der Waals surface area contributed by atoms with Crippen LogP contribution >= 0.6 is 0 Å². The SMILES string of the molecule is COCC=CCCNCCOC. The van der Waals surface area contributed by atoms with Gasteiger partial charge >= 0.3 is 0 Å². The minimum Gasteiger partial charge on any atom is -0.383 e. The fraction of sp³-hybridized carbons (Fsp3) is 0.778. The maximum Gasteiger partial charge on any atom is 0.0643 e. The van der Waals surface area contributed by atoms with Gasteiger partial charge in [-0.1, -0.05) is 12.2 Å². The second-order valence-corrected chi connectivity index (χ2v) is 2.46. The highest BCUT2D eigenvalue weighted by Crippen LogP contribution is 1.80. The van der Waals surface area contributed by atoms with Crippen LogP contribution in [0.2, 0.25) is 0 Å². The Bertz CT molecular complexity index is 105. The third kappa shape index (κ3) is 9.62. The molecule has 0 aromatic heterocycles. The molecule has 0 radical (unpaired) electrons. The second-order valence-electron chi connectivity index (χ2n) is 2.46. The van der Waals surface area contributed by atoms with Crippen molar-refractivity contribution in [3.05, 3.63) is 12.2 Å². The fourth-order valence-electron chi connectivity index (χ4n) is 0.767. The highest BCUT2D eigenvalue weighted by molar-refractivity contribution is 4.81. The van der Waals surface area contributed by atoms with Gasteiger partial charge in [0, 0.05) is 20.8 Å². The van der Waals surface area contributed by atoms with Crippen LogP contribution in [0.15, 0.2) is 12.2 Å². The van der Waals surface area contributed by atoms with Crippen LogP contribution in [-0.2, 0) is 9.47 Å². The van der Waals surface area contributed by atoms with Crippen molar-refractivity contribution >= 4 is 0 Å². The maximum atomic E-state index is 4.89. The molecule has 0 rings (SSSR count). The number of rotatable bonds is 8. The van der Waals surface area contributed by atoms with Crippen molar-refractivity contribution < 1.29 is 9.47 Å². The standard InChI is InChI=1S/C9H19NO2/c1-11-8-5-3-4-6-10-7-9-12-2/h3,5,10H,4,6-9H2,1-2H3. The predicted molar refractivity (Wildman–Crippen MR) is 50.4 cm³/mol. The van der Waals surface area contributed by atoms with E-state index >= 15 is 0 Å². The highest BCUT2D eigenvalue weighted by atomic mass is 16.5. The molecule has 0 spiro atoms. The number of ether oxygens (including phenoxy) is 2. The van der Waals surface area contributed by atoms with Crippen molar-refractivity contribution in [2.45, 2.75) is 6.42 Å². The number of methoxy groups -OCH3 is 2. The number of hydrogen-bond donors (Lipinski definition) is 1. The summed E-state index contributed by atoms with van der Waals surface area (Å²) in [5, 5.41) is 3.25. The molecule has 12 heavy (non-hydrogen) atoms. The van der Waals surface area contributed by atoms with E-state index in [1.54, 1.807) is 14.2 Å². The molecular formula is C9H19NO2. The lowest BCUT2D eigenvalue weighted by Gasteiger charge is -2.00. The Morgan fingerprint density at radius 2 is 1.92 bits per heavy atom. The fourth-order valence-corrected chi connectivity index (χ4v) is 0.767. The zero-order valence-electron chi connectivity index (χ0n) is 8.01. The molecule has 0 saturated heterocycles. The first-order valence-electron chi connectivity index (χ1n) is 4.25. The molecule has 0 saturated carbocycles. The molecule has 0 aliphatic carbocycles. The molecule has 0 aromatic rings. The van der Waals surface area contributed by atoms with Crippen molar-refractivity contribution in [3.63, 3.8) is 0 Å². The normalized spacial score (nSPS) is 11.2. The molecular weight excluding hydrogens is 154 g/mol. The van der Waals surface area contributed by atoms with E-state index in [9.17, 15) is 0 Å². The van der Waals surface area contributed by atoms with E-state index in [0.717, 1.165) is 26.1 Å². The Balaban J connectivity index is 2.90. The van der Waals surface area contributed by atoms with E-state index in [1.807, 2.05) is 6.08 Å². The molecule has 0 aliphatic heterocycles. The average molecular weight is 173 g/mol. The Kier molecular flexibility index (Phi) is 10.3. The van der Waals surface area contributed by atoms with E-state index in [1.165, 1.54) is 0 Å². The second kappa shape index (κ2) is 10.6. The van der Waals surface area contributed by atoms with Crippen LogP contribution in [-0.4, -0.2) is 40.5 Å². The first kappa shape index (κ1) is 11.6. The van der Waals surface area contributed by atoms with E-state index in [-0.39, 0.29) is 0 Å². The van der Waals surface area contributed by atoms with Crippen LogP contribution in [0.5, 0.6) is 0 Å². The minimum absolute atomic E-state index is 0.706.